The fourth-order valence-electron chi connectivity index (χ4n) is 3.55. The molecule has 1 saturated heterocycles. The van der Waals surface area contributed by atoms with Gasteiger partial charge in [-0.05, 0) is 49.2 Å². The highest BCUT2D eigenvalue weighted by molar-refractivity contribution is 5.91. The van der Waals surface area contributed by atoms with Gasteiger partial charge in [-0.1, -0.05) is 24.3 Å². The topological polar surface area (TPSA) is 61.5 Å². The first-order chi connectivity index (χ1) is 14.2. The van der Waals surface area contributed by atoms with Gasteiger partial charge in [0.05, 0.1) is 17.6 Å². The van der Waals surface area contributed by atoms with Crippen LogP contribution in [0, 0.1) is 0 Å². The lowest BCUT2D eigenvalue weighted by molar-refractivity contribution is -0.125. The number of nitrogens with one attached hydrogen (secondary N) is 1. The van der Waals surface area contributed by atoms with Crippen molar-refractivity contribution in [1.82, 2.24) is 14.9 Å². The van der Waals surface area contributed by atoms with Gasteiger partial charge in [0.2, 0.25) is 11.9 Å². The Kier molecular flexibility index (Phi) is 5.79. The molecule has 0 saturated carbocycles. The molecule has 6 nitrogen and oxygen atoms in total. The molecule has 1 amide bonds. The molecule has 2 aromatic carbocycles. The lowest BCUT2D eigenvalue weighted by Crippen LogP contribution is -2.34. The molecule has 0 bridgehead atoms. The van der Waals surface area contributed by atoms with Crippen LogP contribution >= 0.6 is 0 Å². The van der Waals surface area contributed by atoms with Crippen LogP contribution in [0.1, 0.15) is 18.9 Å². The molecule has 0 radical (unpaired) electrons. The molecule has 1 fully saturated rings. The molecule has 150 valence electrons. The smallest absolute Gasteiger partial charge is 0.246 e. The molecule has 6 heteroatoms. The summed E-state index contributed by atoms with van der Waals surface area (Å²) >= 11 is 0. The van der Waals surface area contributed by atoms with Crippen molar-refractivity contribution >= 4 is 29.0 Å². The second kappa shape index (κ2) is 8.82. The SMILES string of the molecule is CCOc1ccc(/C=C/C(=O)N2CCCN(c3nc4ccccc4[nH]3)CC2)cc1. The van der Waals surface area contributed by atoms with Crippen LogP contribution in [-0.4, -0.2) is 53.6 Å². The van der Waals surface area contributed by atoms with Gasteiger partial charge in [0.25, 0.3) is 0 Å². The molecule has 0 aliphatic carbocycles. The molecule has 0 atom stereocenters. The number of ether oxygens (including phenoxy) is 1. The van der Waals surface area contributed by atoms with Crippen LogP contribution in [0.5, 0.6) is 5.75 Å². The van der Waals surface area contributed by atoms with E-state index in [0.717, 1.165) is 54.3 Å². The van der Waals surface area contributed by atoms with E-state index in [4.69, 9.17) is 4.74 Å². The second-order valence-corrected chi connectivity index (χ2v) is 7.08. The van der Waals surface area contributed by atoms with Crippen molar-refractivity contribution in [1.29, 1.82) is 0 Å². The fraction of sp³-hybridized carbons (Fsp3) is 0.304. The van der Waals surface area contributed by atoms with E-state index in [1.165, 1.54) is 0 Å². The summed E-state index contributed by atoms with van der Waals surface area (Å²) < 4.78 is 5.45. The Morgan fingerprint density at radius 3 is 2.72 bits per heavy atom. The number of hydrogen-bond acceptors (Lipinski definition) is 4. The first-order valence-corrected chi connectivity index (χ1v) is 10.1. The highest BCUT2D eigenvalue weighted by atomic mass is 16.5. The molecular weight excluding hydrogens is 364 g/mol. The number of amides is 1. The number of nitrogens with zero attached hydrogens (tertiary/aromatic N) is 3. The molecule has 1 aromatic heterocycles. The number of carbonyl (C=O) groups is 1. The zero-order valence-electron chi connectivity index (χ0n) is 16.7. The summed E-state index contributed by atoms with van der Waals surface area (Å²) in [6.45, 7) is 5.69. The minimum Gasteiger partial charge on any atom is -0.494 e. The molecule has 1 N–H and O–H groups in total. The number of para-hydroxylation sites is 2. The van der Waals surface area contributed by atoms with Crippen LogP contribution < -0.4 is 9.64 Å². The average molecular weight is 390 g/mol. The average Bonchev–Trinajstić information content (AvgIpc) is 3.02. The van der Waals surface area contributed by atoms with E-state index in [-0.39, 0.29) is 5.91 Å². The predicted molar refractivity (Wildman–Crippen MR) is 116 cm³/mol. The molecular formula is C23H26N4O2. The first-order valence-electron chi connectivity index (χ1n) is 10.1. The van der Waals surface area contributed by atoms with Crippen molar-refractivity contribution in [2.75, 3.05) is 37.7 Å². The summed E-state index contributed by atoms with van der Waals surface area (Å²) in [4.78, 5) is 24.9. The number of aromatic nitrogens is 2. The number of anilines is 1. The third kappa shape index (κ3) is 4.59. The molecule has 2 heterocycles. The van der Waals surface area contributed by atoms with Gasteiger partial charge in [-0.2, -0.15) is 0 Å². The van der Waals surface area contributed by atoms with Crippen molar-refractivity contribution in [3.8, 4) is 5.75 Å². The van der Waals surface area contributed by atoms with Crippen LogP contribution in [-0.2, 0) is 4.79 Å². The Bertz CT molecular complexity index is 961. The molecule has 4 rings (SSSR count). The maximum Gasteiger partial charge on any atom is 0.246 e. The van der Waals surface area contributed by atoms with Crippen molar-refractivity contribution < 1.29 is 9.53 Å². The van der Waals surface area contributed by atoms with Crippen molar-refractivity contribution in [2.45, 2.75) is 13.3 Å². The third-order valence-corrected chi connectivity index (χ3v) is 5.09. The number of rotatable bonds is 5. The standard InChI is InChI=1S/C23H26N4O2/c1-2-29-19-11-8-18(9-12-19)10-13-22(28)26-14-5-15-27(17-16-26)23-24-20-6-3-4-7-21(20)25-23/h3-4,6-13H,2,5,14-17H2,1H3,(H,24,25)/b13-10+. The maximum absolute atomic E-state index is 12.7. The monoisotopic (exact) mass is 390 g/mol. The van der Waals surface area contributed by atoms with Crippen LogP contribution in [0.2, 0.25) is 0 Å². The summed E-state index contributed by atoms with van der Waals surface area (Å²) in [5, 5.41) is 0. The van der Waals surface area contributed by atoms with E-state index >= 15 is 0 Å². The highest BCUT2D eigenvalue weighted by Gasteiger charge is 2.19. The zero-order valence-corrected chi connectivity index (χ0v) is 16.7. The normalized spacial score (nSPS) is 15.1. The maximum atomic E-state index is 12.7. The van der Waals surface area contributed by atoms with Gasteiger partial charge in [0.15, 0.2) is 0 Å². The minimum absolute atomic E-state index is 0.0466. The molecule has 29 heavy (non-hydrogen) atoms. The molecule has 1 aliphatic heterocycles. The van der Waals surface area contributed by atoms with E-state index in [2.05, 4.69) is 14.9 Å². The molecule has 0 spiro atoms. The number of benzene rings is 2. The number of hydrogen-bond donors (Lipinski definition) is 1. The Hall–Kier alpha value is -3.28. The van der Waals surface area contributed by atoms with E-state index in [1.807, 2.05) is 66.4 Å². The third-order valence-electron chi connectivity index (χ3n) is 5.09. The van der Waals surface area contributed by atoms with E-state index in [1.54, 1.807) is 6.08 Å². The van der Waals surface area contributed by atoms with Crippen LogP contribution in [0.4, 0.5) is 5.95 Å². The summed E-state index contributed by atoms with van der Waals surface area (Å²) in [6, 6.07) is 15.8. The summed E-state index contributed by atoms with van der Waals surface area (Å²) in [5.41, 5.74) is 3.00. The minimum atomic E-state index is 0.0466. The van der Waals surface area contributed by atoms with Gasteiger partial charge >= 0.3 is 0 Å². The van der Waals surface area contributed by atoms with E-state index in [0.29, 0.717) is 13.2 Å². The van der Waals surface area contributed by atoms with Gasteiger partial charge < -0.3 is 19.5 Å². The summed E-state index contributed by atoms with van der Waals surface area (Å²) in [7, 11) is 0. The van der Waals surface area contributed by atoms with Crippen LogP contribution in [0.15, 0.2) is 54.6 Å². The van der Waals surface area contributed by atoms with E-state index < -0.39 is 0 Å². The van der Waals surface area contributed by atoms with Gasteiger partial charge in [0.1, 0.15) is 5.75 Å². The predicted octanol–water partition coefficient (Wildman–Crippen LogP) is 3.71. The highest BCUT2D eigenvalue weighted by Crippen LogP contribution is 2.19. The van der Waals surface area contributed by atoms with Crippen LogP contribution in [0.25, 0.3) is 17.1 Å². The van der Waals surface area contributed by atoms with Gasteiger partial charge in [-0.15, -0.1) is 0 Å². The Balaban J connectivity index is 1.36. The Morgan fingerprint density at radius 1 is 1.10 bits per heavy atom. The molecule has 1 aliphatic rings. The van der Waals surface area contributed by atoms with Crippen LogP contribution in [0.3, 0.4) is 0 Å². The largest absolute Gasteiger partial charge is 0.494 e. The van der Waals surface area contributed by atoms with Gasteiger partial charge in [0, 0.05) is 32.3 Å². The summed E-state index contributed by atoms with van der Waals surface area (Å²) in [6.07, 6.45) is 4.44. The van der Waals surface area contributed by atoms with Crippen molar-refractivity contribution in [3.05, 3.63) is 60.2 Å². The Labute approximate surface area is 170 Å². The van der Waals surface area contributed by atoms with Crippen molar-refractivity contribution in [3.63, 3.8) is 0 Å². The fourth-order valence-corrected chi connectivity index (χ4v) is 3.55. The van der Waals surface area contributed by atoms with Gasteiger partial charge in [-0.25, -0.2) is 4.98 Å². The molecule has 3 aromatic rings. The summed E-state index contributed by atoms with van der Waals surface area (Å²) in [5.74, 6) is 1.77. The number of H-pyrrole nitrogens is 1. The number of carbonyl (C=O) groups excluding carboxylic acids is 1. The lowest BCUT2D eigenvalue weighted by atomic mass is 10.2. The lowest BCUT2D eigenvalue weighted by Gasteiger charge is -2.20. The molecule has 0 unspecified atom stereocenters. The first kappa shape index (κ1) is 19.1. The quantitative estimate of drug-likeness (QED) is 0.675. The Morgan fingerprint density at radius 2 is 1.93 bits per heavy atom. The number of imidazole rings is 1. The number of fused-ring (bicyclic) bond motifs is 1. The zero-order chi connectivity index (χ0) is 20.1. The second-order valence-electron chi connectivity index (χ2n) is 7.08. The van der Waals surface area contributed by atoms with Gasteiger partial charge in [-0.3, -0.25) is 4.79 Å². The van der Waals surface area contributed by atoms with E-state index in [9.17, 15) is 4.79 Å². The number of aromatic amines is 1. The van der Waals surface area contributed by atoms with Crippen molar-refractivity contribution in [2.24, 2.45) is 0 Å².